The molecule has 5 heteroatoms. The van der Waals surface area contributed by atoms with E-state index in [0.29, 0.717) is 5.82 Å². The number of carbonyl (C=O) groups excluding carboxylic acids is 1. The second kappa shape index (κ2) is 8.19. The lowest BCUT2D eigenvalue weighted by atomic mass is 10.1. The lowest BCUT2D eigenvalue weighted by molar-refractivity contribution is 0.101. The van der Waals surface area contributed by atoms with Gasteiger partial charge in [0.2, 0.25) is 5.82 Å². The van der Waals surface area contributed by atoms with E-state index in [0.717, 1.165) is 39.2 Å². The quantitative estimate of drug-likeness (QED) is 0.467. The van der Waals surface area contributed by atoms with Crippen molar-refractivity contribution in [3.63, 3.8) is 0 Å². The first kappa shape index (κ1) is 20.5. The van der Waals surface area contributed by atoms with Gasteiger partial charge in [0.25, 0.3) is 5.91 Å². The van der Waals surface area contributed by atoms with E-state index in [4.69, 9.17) is 0 Å². The zero-order valence-electron chi connectivity index (χ0n) is 18.5. The highest BCUT2D eigenvalue weighted by Crippen LogP contribution is 2.25. The summed E-state index contributed by atoms with van der Waals surface area (Å²) in [5, 5.41) is 7.59. The van der Waals surface area contributed by atoms with Gasteiger partial charge in [0.1, 0.15) is 0 Å². The summed E-state index contributed by atoms with van der Waals surface area (Å²) >= 11 is 0. The summed E-state index contributed by atoms with van der Waals surface area (Å²) in [5.41, 5.74) is 8.10. The standard InChI is InChI=1S/C26H26N4O/c1-16-8-6-10-21(15-16)25-28-24(26(31)27-22-11-7-9-18(3)20(22)5)29-30(25)23-13-12-17(2)14-19(23)4/h6-15H,1-5H3,(H,27,31). The third-order valence-electron chi connectivity index (χ3n) is 5.52. The van der Waals surface area contributed by atoms with Crippen LogP contribution in [0.15, 0.2) is 60.7 Å². The van der Waals surface area contributed by atoms with Crippen LogP contribution in [-0.2, 0) is 0 Å². The Morgan fingerprint density at radius 2 is 1.58 bits per heavy atom. The predicted molar refractivity (Wildman–Crippen MR) is 125 cm³/mol. The Labute approximate surface area is 182 Å². The summed E-state index contributed by atoms with van der Waals surface area (Å²) in [6.07, 6.45) is 0. The molecule has 0 aliphatic rings. The van der Waals surface area contributed by atoms with E-state index in [1.54, 1.807) is 4.68 Å². The van der Waals surface area contributed by atoms with Crippen molar-refractivity contribution < 1.29 is 4.79 Å². The molecule has 0 atom stereocenters. The van der Waals surface area contributed by atoms with Gasteiger partial charge >= 0.3 is 0 Å². The molecule has 0 aliphatic heterocycles. The molecule has 5 nitrogen and oxygen atoms in total. The maximum absolute atomic E-state index is 13.1. The number of amides is 1. The molecular formula is C26H26N4O. The van der Waals surface area contributed by atoms with E-state index in [2.05, 4.69) is 34.5 Å². The van der Waals surface area contributed by atoms with E-state index >= 15 is 0 Å². The van der Waals surface area contributed by atoms with Gasteiger partial charge in [-0.15, -0.1) is 5.10 Å². The van der Waals surface area contributed by atoms with Crippen LogP contribution in [0.2, 0.25) is 0 Å². The van der Waals surface area contributed by atoms with Crippen molar-refractivity contribution >= 4 is 11.6 Å². The number of aryl methyl sites for hydroxylation is 4. The molecule has 1 aromatic heterocycles. The van der Waals surface area contributed by atoms with E-state index in [9.17, 15) is 4.79 Å². The molecule has 0 fully saturated rings. The molecule has 0 saturated heterocycles. The second-order valence-corrected chi connectivity index (χ2v) is 8.03. The maximum atomic E-state index is 13.1. The SMILES string of the molecule is Cc1cccc(-c2nc(C(=O)Nc3cccc(C)c3C)nn2-c2ccc(C)cc2C)c1. The molecule has 1 heterocycles. The fourth-order valence-electron chi connectivity index (χ4n) is 3.66. The summed E-state index contributed by atoms with van der Waals surface area (Å²) in [5.74, 6) is 0.449. The van der Waals surface area contributed by atoms with Crippen LogP contribution >= 0.6 is 0 Å². The highest BCUT2D eigenvalue weighted by atomic mass is 16.2. The predicted octanol–water partition coefficient (Wildman–Crippen LogP) is 5.73. The lowest BCUT2D eigenvalue weighted by Crippen LogP contribution is -2.15. The summed E-state index contributed by atoms with van der Waals surface area (Å²) < 4.78 is 1.77. The molecule has 156 valence electrons. The Bertz CT molecular complexity index is 1290. The molecule has 0 radical (unpaired) electrons. The fourth-order valence-corrected chi connectivity index (χ4v) is 3.66. The van der Waals surface area contributed by atoms with Crippen LogP contribution in [-0.4, -0.2) is 20.7 Å². The number of hydrogen-bond donors (Lipinski definition) is 1. The number of rotatable bonds is 4. The van der Waals surface area contributed by atoms with Gasteiger partial charge in [-0.05, 0) is 69.5 Å². The number of nitrogens with zero attached hydrogens (tertiary/aromatic N) is 3. The molecule has 1 N–H and O–H groups in total. The van der Waals surface area contributed by atoms with Crippen molar-refractivity contribution in [1.82, 2.24) is 14.8 Å². The first-order valence-corrected chi connectivity index (χ1v) is 10.3. The van der Waals surface area contributed by atoms with Gasteiger partial charge < -0.3 is 5.32 Å². The Morgan fingerprint density at radius 1 is 0.839 bits per heavy atom. The Morgan fingerprint density at radius 3 is 2.32 bits per heavy atom. The van der Waals surface area contributed by atoms with E-state index in [1.165, 1.54) is 5.56 Å². The van der Waals surface area contributed by atoms with Crippen LogP contribution in [0.1, 0.15) is 38.4 Å². The first-order chi connectivity index (χ1) is 14.8. The number of aromatic nitrogens is 3. The zero-order chi connectivity index (χ0) is 22.1. The maximum Gasteiger partial charge on any atom is 0.295 e. The Kier molecular flexibility index (Phi) is 5.42. The molecule has 0 saturated carbocycles. The van der Waals surface area contributed by atoms with Crippen LogP contribution in [0.4, 0.5) is 5.69 Å². The minimum absolute atomic E-state index is 0.136. The number of anilines is 1. The highest BCUT2D eigenvalue weighted by Gasteiger charge is 2.20. The second-order valence-electron chi connectivity index (χ2n) is 8.03. The molecule has 0 spiro atoms. The highest BCUT2D eigenvalue weighted by molar-refractivity contribution is 6.02. The molecule has 0 bridgehead atoms. The largest absolute Gasteiger partial charge is 0.319 e. The van der Waals surface area contributed by atoms with Gasteiger partial charge in [-0.1, -0.05) is 53.6 Å². The lowest BCUT2D eigenvalue weighted by Gasteiger charge is -2.10. The number of nitrogens with one attached hydrogen (secondary N) is 1. The average molecular weight is 411 g/mol. The molecule has 3 aromatic carbocycles. The van der Waals surface area contributed by atoms with Gasteiger partial charge in [-0.2, -0.15) is 0 Å². The van der Waals surface area contributed by atoms with Crippen molar-refractivity contribution in [3.05, 3.63) is 94.3 Å². The van der Waals surface area contributed by atoms with Crippen molar-refractivity contribution in [2.45, 2.75) is 34.6 Å². The molecule has 4 rings (SSSR count). The van der Waals surface area contributed by atoms with E-state index in [-0.39, 0.29) is 11.7 Å². The Balaban J connectivity index is 1.81. The minimum atomic E-state index is -0.328. The molecule has 4 aromatic rings. The van der Waals surface area contributed by atoms with Gasteiger partial charge in [0.15, 0.2) is 5.82 Å². The van der Waals surface area contributed by atoms with Crippen LogP contribution in [0.3, 0.4) is 0 Å². The summed E-state index contributed by atoms with van der Waals surface area (Å²) in [6.45, 7) is 10.1. The van der Waals surface area contributed by atoms with Crippen LogP contribution < -0.4 is 5.32 Å². The van der Waals surface area contributed by atoms with Crippen LogP contribution in [0, 0.1) is 34.6 Å². The number of carbonyl (C=O) groups is 1. The molecule has 0 aliphatic carbocycles. The summed E-state index contributed by atoms with van der Waals surface area (Å²) in [4.78, 5) is 17.7. The van der Waals surface area contributed by atoms with Crippen molar-refractivity contribution in [3.8, 4) is 17.1 Å². The van der Waals surface area contributed by atoms with Crippen LogP contribution in [0.25, 0.3) is 17.1 Å². The number of benzene rings is 3. The Hall–Kier alpha value is -3.73. The summed E-state index contributed by atoms with van der Waals surface area (Å²) in [6, 6.07) is 20.1. The minimum Gasteiger partial charge on any atom is -0.319 e. The molecule has 1 amide bonds. The van der Waals surface area contributed by atoms with Gasteiger partial charge in [0.05, 0.1) is 5.69 Å². The monoisotopic (exact) mass is 410 g/mol. The van der Waals surface area contributed by atoms with E-state index < -0.39 is 0 Å². The zero-order valence-corrected chi connectivity index (χ0v) is 18.5. The molecule has 0 unspecified atom stereocenters. The smallest absolute Gasteiger partial charge is 0.295 e. The van der Waals surface area contributed by atoms with Crippen molar-refractivity contribution in [2.75, 3.05) is 5.32 Å². The first-order valence-electron chi connectivity index (χ1n) is 10.3. The summed E-state index contributed by atoms with van der Waals surface area (Å²) in [7, 11) is 0. The fraction of sp³-hybridized carbons (Fsp3) is 0.192. The number of hydrogen-bond acceptors (Lipinski definition) is 3. The van der Waals surface area contributed by atoms with Gasteiger partial charge in [-0.3, -0.25) is 4.79 Å². The average Bonchev–Trinajstić information content (AvgIpc) is 3.17. The van der Waals surface area contributed by atoms with Crippen molar-refractivity contribution in [1.29, 1.82) is 0 Å². The van der Waals surface area contributed by atoms with Gasteiger partial charge in [-0.25, -0.2) is 9.67 Å². The topological polar surface area (TPSA) is 59.8 Å². The third-order valence-corrected chi connectivity index (χ3v) is 5.52. The third kappa shape index (κ3) is 4.12. The molecule has 31 heavy (non-hydrogen) atoms. The van der Waals surface area contributed by atoms with Crippen LogP contribution in [0.5, 0.6) is 0 Å². The van der Waals surface area contributed by atoms with Gasteiger partial charge in [0, 0.05) is 11.3 Å². The molecular weight excluding hydrogens is 384 g/mol. The van der Waals surface area contributed by atoms with Crippen molar-refractivity contribution in [2.24, 2.45) is 0 Å². The normalized spacial score (nSPS) is 10.9. The van der Waals surface area contributed by atoms with E-state index in [1.807, 2.05) is 76.2 Å².